The zero-order valence-electron chi connectivity index (χ0n) is 12.4. The van der Waals surface area contributed by atoms with E-state index in [9.17, 15) is 15.0 Å². The maximum absolute atomic E-state index is 12.1. The molecule has 0 atom stereocenters. The maximum atomic E-state index is 12.1. The molecule has 5 nitrogen and oxygen atoms in total. The van der Waals surface area contributed by atoms with Crippen molar-refractivity contribution in [2.24, 2.45) is 5.10 Å². The molecular formula is C16H14Br2N2O3. The molecule has 0 saturated carbocycles. The minimum Gasteiger partial charge on any atom is -0.507 e. The molecule has 3 N–H and O–H groups in total. The number of phenols is 2. The summed E-state index contributed by atoms with van der Waals surface area (Å²) >= 11 is 6.43. The van der Waals surface area contributed by atoms with Crippen molar-refractivity contribution in [3.05, 3.63) is 55.5 Å². The van der Waals surface area contributed by atoms with Crippen LogP contribution in [0.1, 0.15) is 27.0 Å². The Kier molecular flexibility index (Phi) is 5.43. The van der Waals surface area contributed by atoms with Crippen molar-refractivity contribution in [3.63, 3.8) is 0 Å². The number of carbonyl (C=O) groups is 1. The lowest BCUT2D eigenvalue weighted by Crippen LogP contribution is -2.18. The first-order chi connectivity index (χ1) is 10.8. The molecule has 0 unspecified atom stereocenters. The van der Waals surface area contributed by atoms with Gasteiger partial charge in [-0.15, -0.1) is 0 Å². The lowest BCUT2D eigenvalue weighted by atomic mass is 10.1. The third-order valence-electron chi connectivity index (χ3n) is 3.17. The van der Waals surface area contributed by atoms with Gasteiger partial charge in [0.1, 0.15) is 11.5 Å². The van der Waals surface area contributed by atoms with Crippen LogP contribution in [0.3, 0.4) is 0 Å². The van der Waals surface area contributed by atoms with Gasteiger partial charge in [-0.2, -0.15) is 5.10 Å². The number of hydrazone groups is 1. The number of rotatable bonds is 3. The van der Waals surface area contributed by atoms with Crippen LogP contribution in [-0.4, -0.2) is 22.3 Å². The molecule has 1 amide bonds. The summed E-state index contributed by atoms with van der Waals surface area (Å²) in [6.07, 6.45) is 1.47. The lowest BCUT2D eigenvalue weighted by molar-refractivity contribution is 0.0952. The van der Waals surface area contributed by atoms with Crippen LogP contribution in [0.15, 0.2) is 38.3 Å². The Balaban J connectivity index is 2.16. The maximum Gasteiger partial charge on any atom is 0.275 e. The van der Waals surface area contributed by atoms with Crippen LogP contribution in [0, 0.1) is 13.8 Å². The van der Waals surface area contributed by atoms with Gasteiger partial charge in [-0.3, -0.25) is 4.79 Å². The third-order valence-corrected chi connectivity index (χ3v) is 4.23. The third kappa shape index (κ3) is 4.11. The zero-order valence-corrected chi connectivity index (χ0v) is 15.6. The Morgan fingerprint density at radius 3 is 2.30 bits per heavy atom. The second-order valence-corrected chi connectivity index (χ2v) is 6.76. The van der Waals surface area contributed by atoms with Gasteiger partial charge in [0, 0.05) is 4.47 Å². The van der Waals surface area contributed by atoms with Crippen LogP contribution in [0.2, 0.25) is 0 Å². The first-order valence-electron chi connectivity index (χ1n) is 6.61. The van der Waals surface area contributed by atoms with Crippen LogP contribution in [0.5, 0.6) is 11.5 Å². The number of aromatic hydroxyl groups is 2. The minimum atomic E-state index is -0.534. The van der Waals surface area contributed by atoms with Gasteiger partial charge < -0.3 is 10.2 Å². The van der Waals surface area contributed by atoms with E-state index in [0.717, 1.165) is 16.7 Å². The predicted molar refractivity (Wildman–Crippen MR) is 96.1 cm³/mol. The van der Waals surface area contributed by atoms with E-state index in [4.69, 9.17) is 0 Å². The highest BCUT2D eigenvalue weighted by Gasteiger charge is 2.14. The number of carbonyl (C=O) groups excluding carboxylic acids is 1. The molecule has 0 aliphatic carbocycles. The van der Waals surface area contributed by atoms with E-state index in [0.29, 0.717) is 8.95 Å². The Bertz CT molecular complexity index is 781. The number of amides is 1. The van der Waals surface area contributed by atoms with Gasteiger partial charge in [-0.1, -0.05) is 15.9 Å². The van der Waals surface area contributed by atoms with Gasteiger partial charge in [0.25, 0.3) is 5.91 Å². The Morgan fingerprint density at radius 1 is 1.09 bits per heavy atom. The van der Waals surface area contributed by atoms with E-state index in [1.54, 1.807) is 32.0 Å². The molecule has 0 aromatic heterocycles. The number of hydrogen-bond acceptors (Lipinski definition) is 4. The number of nitrogens with zero attached hydrogens (tertiary/aromatic N) is 1. The number of benzene rings is 2. The van der Waals surface area contributed by atoms with Gasteiger partial charge in [-0.25, -0.2) is 5.43 Å². The first kappa shape index (κ1) is 17.5. The van der Waals surface area contributed by atoms with Crippen molar-refractivity contribution < 1.29 is 15.0 Å². The Labute approximate surface area is 150 Å². The molecule has 0 saturated heterocycles. The molecule has 0 aliphatic rings. The summed E-state index contributed by atoms with van der Waals surface area (Å²) in [4.78, 5) is 12.1. The normalized spacial score (nSPS) is 11.0. The monoisotopic (exact) mass is 440 g/mol. The summed E-state index contributed by atoms with van der Waals surface area (Å²) in [5, 5.41) is 23.5. The van der Waals surface area contributed by atoms with E-state index in [2.05, 4.69) is 42.4 Å². The molecule has 0 bridgehead atoms. The van der Waals surface area contributed by atoms with Gasteiger partial charge in [0.05, 0.1) is 16.3 Å². The highest BCUT2D eigenvalue weighted by Crippen LogP contribution is 2.31. The summed E-state index contributed by atoms with van der Waals surface area (Å²) in [6.45, 7) is 3.57. The van der Waals surface area contributed by atoms with Gasteiger partial charge in [-0.05, 0) is 70.7 Å². The molecule has 2 aromatic rings. The Hall–Kier alpha value is -1.86. The predicted octanol–water partition coefficient (Wildman–Crippen LogP) is 4.00. The van der Waals surface area contributed by atoms with Gasteiger partial charge >= 0.3 is 0 Å². The van der Waals surface area contributed by atoms with Crippen molar-refractivity contribution in [1.82, 2.24) is 5.43 Å². The average molecular weight is 442 g/mol. The summed E-state index contributed by atoms with van der Waals surface area (Å²) < 4.78 is 1.06. The number of nitrogens with one attached hydrogen (secondary N) is 1. The van der Waals surface area contributed by atoms with E-state index in [1.807, 2.05) is 0 Å². The van der Waals surface area contributed by atoms with Gasteiger partial charge in [0.2, 0.25) is 0 Å². The standard InChI is InChI=1S/C16H14Br2N2O3/c1-8-3-10(4-9(2)14(8)21)7-19-20-16(23)12-5-11(17)6-13(18)15(12)22/h3-7,21-22H,1-2H3,(H,20,23)/b19-7-. The molecule has 0 aliphatic heterocycles. The van der Waals surface area contributed by atoms with Crippen LogP contribution in [0.4, 0.5) is 0 Å². The fourth-order valence-corrected chi connectivity index (χ4v) is 3.25. The second-order valence-electron chi connectivity index (χ2n) is 4.99. The Morgan fingerprint density at radius 2 is 1.70 bits per heavy atom. The number of halogens is 2. The molecule has 0 radical (unpaired) electrons. The van der Waals surface area contributed by atoms with Crippen molar-refractivity contribution in [2.45, 2.75) is 13.8 Å². The smallest absolute Gasteiger partial charge is 0.275 e. The van der Waals surface area contributed by atoms with E-state index >= 15 is 0 Å². The first-order valence-corrected chi connectivity index (χ1v) is 8.20. The fraction of sp³-hybridized carbons (Fsp3) is 0.125. The summed E-state index contributed by atoms with van der Waals surface area (Å²) in [5.74, 6) is -0.444. The molecule has 2 rings (SSSR count). The topological polar surface area (TPSA) is 81.9 Å². The molecule has 23 heavy (non-hydrogen) atoms. The van der Waals surface area contributed by atoms with Crippen LogP contribution in [0.25, 0.3) is 0 Å². The van der Waals surface area contributed by atoms with Gasteiger partial charge in [0.15, 0.2) is 0 Å². The number of aryl methyl sites for hydroxylation is 2. The molecular weight excluding hydrogens is 428 g/mol. The van der Waals surface area contributed by atoms with E-state index in [-0.39, 0.29) is 17.1 Å². The van der Waals surface area contributed by atoms with Crippen LogP contribution in [-0.2, 0) is 0 Å². The zero-order chi connectivity index (χ0) is 17.1. The molecule has 0 fully saturated rings. The fourth-order valence-electron chi connectivity index (χ4n) is 2.03. The second kappa shape index (κ2) is 7.14. The van der Waals surface area contributed by atoms with Crippen molar-refractivity contribution in [2.75, 3.05) is 0 Å². The molecule has 0 spiro atoms. The van der Waals surface area contributed by atoms with Crippen LogP contribution < -0.4 is 5.43 Å². The van der Waals surface area contributed by atoms with E-state index < -0.39 is 5.91 Å². The van der Waals surface area contributed by atoms with E-state index in [1.165, 1.54) is 12.3 Å². The highest BCUT2D eigenvalue weighted by atomic mass is 79.9. The van der Waals surface area contributed by atoms with Crippen LogP contribution >= 0.6 is 31.9 Å². The number of phenolic OH excluding ortho intramolecular Hbond substituents is 2. The van der Waals surface area contributed by atoms with Crippen molar-refractivity contribution >= 4 is 44.0 Å². The molecule has 2 aromatic carbocycles. The summed E-state index contributed by atoms with van der Waals surface area (Å²) in [7, 11) is 0. The van der Waals surface area contributed by atoms with Crippen molar-refractivity contribution in [1.29, 1.82) is 0 Å². The van der Waals surface area contributed by atoms with Crippen molar-refractivity contribution in [3.8, 4) is 11.5 Å². The SMILES string of the molecule is Cc1cc(/C=N\NC(=O)c2cc(Br)cc(Br)c2O)cc(C)c1O. The highest BCUT2D eigenvalue weighted by molar-refractivity contribution is 9.11. The minimum absolute atomic E-state index is 0.0986. The quantitative estimate of drug-likeness (QED) is 0.497. The average Bonchev–Trinajstić information content (AvgIpc) is 2.48. The number of hydrogen-bond donors (Lipinski definition) is 3. The lowest BCUT2D eigenvalue weighted by Gasteiger charge is -2.06. The molecule has 0 heterocycles. The summed E-state index contributed by atoms with van der Waals surface area (Å²) in [5.41, 5.74) is 4.67. The largest absolute Gasteiger partial charge is 0.507 e. The molecule has 120 valence electrons. The summed E-state index contributed by atoms with van der Waals surface area (Å²) in [6, 6.07) is 6.65. The molecule has 7 heteroatoms.